The van der Waals surface area contributed by atoms with Gasteiger partial charge >= 0.3 is 0 Å². The third-order valence-electron chi connectivity index (χ3n) is 1.59. The van der Waals surface area contributed by atoms with Gasteiger partial charge in [0.1, 0.15) is 0 Å². The number of nitrogens with zero attached hydrogens (tertiary/aromatic N) is 2. The predicted octanol–water partition coefficient (Wildman–Crippen LogP) is -3.46. The number of hydrogen-bond donors (Lipinski definition) is 0. The average Bonchev–Trinajstić information content (AvgIpc) is 2.16. The molecule has 17 heavy (non-hydrogen) atoms. The molecule has 0 fully saturated rings. The molecule has 0 aliphatic heterocycles. The van der Waals surface area contributed by atoms with Gasteiger partial charge in [0.25, 0.3) is 0 Å². The summed E-state index contributed by atoms with van der Waals surface area (Å²) in [5.74, 6) is 0. The number of halogens is 1. The van der Waals surface area contributed by atoms with Crippen molar-refractivity contribution in [3.05, 3.63) is 36.8 Å². The highest BCUT2D eigenvalue weighted by Gasteiger charge is 1.97. The molecular formula is C10H13ClN2O4. The maximum Gasteiger partial charge on any atom is 0.217 e. The summed E-state index contributed by atoms with van der Waals surface area (Å²) in [4.78, 5) is 2.06. The van der Waals surface area contributed by atoms with E-state index in [-0.39, 0.29) is 0 Å². The number of hydrogen-bond acceptors (Lipinski definition) is 5. The predicted molar refractivity (Wildman–Crippen MR) is 50.9 cm³/mol. The minimum atomic E-state index is -4.94. The molecule has 0 atom stereocenters. The Morgan fingerprint density at radius 3 is 1.94 bits per heavy atom. The molecule has 0 saturated heterocycles. The fraction of sp³-hybridized carbons (Fsp3) is 0.200. The van der Waals surface area contributed by atoms with Crippen LogP contribution in [0.3, 0.4) is 0 Å². The first-order valence-corrected chi connectivity index (χ1v) is 5.63. The number of pyridine rings is 1. The van der Waals surface area contributed by atoms with Crippen molar-refractivity contribution >= 4 is 11.9 Å². The van der Waals surface area contributed by atoms with E-state index in [2.05, 4.69) is 17.2 Å². The van der Waals surface area contributed by atoms with Crippen LogP contribution in [0.4, 0.5) is 5.69 Å². The van der Waals surface area contributed by atoms with Gasteiger partial charge in [0.2, 0.25) is 6.20 Å². The summed E-state index contributed by atoms with van der Waals surface area (Å²) in [5.41, 5.74) is 3.89. The van der Waals surface area contributed by atoms with Crippen LogP contribution < -0.4 is 28.1 Å². The van der Waals surface area contributed by atoms with Crippen LogP contribution in [-0.2, 0) is 0 Å². The van der Waals surface area contributed by atoms with E-state index in [0.29, 0.717) is 0 Å². The van der Waals surface area contributed by atoms with E-state index in [1.165, 1.54) is 5.69 Å². The molecule has 7 heteroatoms. The molecule has 94 valence electrons. The van der Waals surface area contributed by atoms with E-state index in [4.69, 9.17) is 18.6 Å². The smallest absolute Gasteiger partial charge is 0.217 e. The van der Waals surface area contributed by atoms with Crippen LogP contribution >= 0.6 is 0 Å². The third-order valence-corrected chi connectivity index (χ3v) is 1.59. The summed E-state index contributed by atoms with van der Waals surface area (Å²) >= 11 is 0. The Morgan fingerprint density at radius 1 is 1.24 bits per heavy atom. The first-order chi connectivity index (χ1) is 7.74. The van der Waals surface area contributed by atoms with Crippen LogP contribution in [0, 0.1) is 10.2 Å². The number of aromatic nitrogens is 1. The van der Waals surface area contributed by atoms with Crippen LogP contribution in [0.2, 0.25) is 0 Å². The van der Waals surface area contributed by atoms with Crippen LogP contribution in [0.15, 0.2) is 36.8 Å². The van der Waals surface area contributed by atoms with Gasteiger partial charge in [-0.15, -0.1) is 10.2 Å². The molecule has 0 amide bonds. The van der Waals surface area contributed by atoms with E-state index in [1.807, 2.05) is 43.2 Å². The van der Waals surface area contributed by atoms with Crippen molar-refractivity contribution in [1.29, 1.82) is 0 Å². The lowest BCUT2D eigenvalue weighted by Gasteiger charge is -2.17. The second-order valence-corrected chi connectivity index (χ2v) is 3.87. The van der Waals surface area contributed by atoms with E-state index >= 15 is 0 Å². The molecule has 6 nitrogen and oxygen atoms in total. The van der Waals surface area contributed by atoms with Crippen LogP contribution in [0.1, 0.15) is 0 Å². The molecule has 0 saturated carbocycles. The number of anilines is 1. The Bertz CT molecular complexity index is 374. The molecule has 0 unspecified atom stereocenters. The van der Waals surface area contributed by atoms with E-state index in [9.17, 15) is 0 Å². The Kier molecular flexibility index (Phi) is 6.45. The highest BCUT2D eigenvalue weighted by molar-refractivity contribution is 5.41. The quantitative estimate of drug-likeness (QED) is 0.407. The molecule has 0 aliphatic rings. The van der Waals surface area contributed by atoms with Crippen LogP contribution in [0.5, 0.6) is 0 Å². The van der Waals surface area contributed by atoms with Crippen molar-refractivity contribution in [1.82, 2.24) is 0 Å². The molecule has 0 spiro atoms. The van der Waals surface area contributed by atoms with Crippen molar-refractivity contribution in [2.75, 3.05) is 19.0 Å². The molecule has 0 aliphatic carbocycles. The molecule has 1 heterocycles. The summed E-state index contributed by atoms with van der Waals surface area (Å²) in [5, 5.41) is 0. The summed E-state index contributed by atoms with van der Waals surface area (Å²) < 4.78 is 35.9. The monoisotopic (exact) mass is 260 g/mol. The van der Waals surface area contributed by atoms with Gasteiger partial charge in [-0.1, -0.05) is 12.3 Å². The second kappa shape index (κ2) is 7.03. The van der Waals surface area contributed by atoms with Gasteiger partial charge in [0, 0.05) is 31.9 Å². The highest BCUT2D eigenvalue weighted by Crippen LogP contribution is 2.05. The molecule has 1 aromatic rings. The minimum Gasteiger partial charge on any atom is -0.377 e. The fourth-order valence-electron chi connectivity index (χ4n) is 0.920. The highest BCUT2D eigenvalue weighted by atomic mass is 35.7. The maximum absolute atomic E-state index is 8.49. The standard InChI is InChI=1S/C10H13N2.ClHO4/c1-4-7-12-8-5-10(6-9-12)11(2)3;2-1(3,4)5/h5-9H,1H2,2-3H3;(H,2,3,4,5)/q+1;/p-1. The Labute approximate surface area is 102 Å². The Morgan fingerprint density at radius 2 is 1.65 bits per heavy atom. The first-order valence-electron chi connectivity index (χ1n) is 4.40. The second-order valence-electron chi connectivity index (χ2n) is 3.11. The Balaban J connectivity index is 0.000000437. The third kappa shape index (κ3) is 9.52. The Hall–Kier alpha value is -1.40. The first kappa shape index (κ1) is 15.6. The number of rotatable bonds is 2. The van der Waals surface area contributed by atoms with Crippen molar-refractivity contribution in [2.45, 2.75) is 0 Å². The topological polar surface area (TPSA) is 99.4 Å². The van der Waals surface area contributed by atoms with Gasteiger partial charge in [-0.2, -0.15) is 4.57 Å². The zero-order valence-corrected chi connectivity index (χ0v) is 10.3. The van der Waals surface area contributed by atoms with Crippen molar-refractivity contribution in [3.8, 4) is 0 Å². The maximum atomic E-state index is 8.49. The van der Waals surface area contributed by atoms with Gasteiger partial charge in [0.15, 0.2) is 12.4 Å². The molecule has 0 N–H and O–H groups in total. The van der Waals surface area contributed by atoms with E-state index < -0.39 is 10.2 Å². The van der Waals surface area contributed by atoms with E-state index in [1.54, 1.807) is 6.20 Å². The molecule has 1 rings (SSSR count). The molecule has 1 aromatic heterocycles. The van der Waals surface area contributed by atoms with Gasteiger partial charge in [-0.3, -0.25) is 0 Å². The van der Waals surface area contributed by atoms with Crippen molar-refractivity contribution < 1.29 is 33.4 Å². The largest absolute Gasteiger partial charge is 0.377 e. The SMILES string of the molecule is C=C=C[n+]1ccc(N(C)C)cc1.[O-][Cl+3]([O-])([O-])[O-]. The fourth-order valence-corrected chi connectivity index (χ4v) is 0.920. The lowest BCUT2D eigenvalue weighted by Crippen LogP contribution is -2.68. The summed E-state index contributed by atoms with van der Waals surface area (Å²) in [6.45, 7) is 3.50. The molecular weight excluding hydrogens is 248 g/mol. The zero-order valence-electron chi connectivity index (χ0n) is 9.50. The summed E-state index contributed by atoms with van der Waals surface area (Å²) in [7, 11) is -0.911. The minimum absolute atomic E-state index is 1.18. The molecule has 0 radical (unpaired) electrons. The van der Waals surface area contributed by atoms with Gasteiger partial charge in [-0.25, -0.2) is 18.6 Å². The van der Waals surface area contributed by atoms with Gasteiger partial charge in [0.05, 0.1) is 0 Å². The van der Waals surface area contributed by atoms with Crippen molar-refractivity contribution in [3.63, 3.8) is 0 Å². The van der Waals surface area contributed by atoms with Crippen LogP contribution in [0.25, 0.3) is 6.20 Å². The van der Waals surface area contributed by atoms with Gasteiger partial charge in [-0.05, 0) is 0 Å². The van der Waals surface area contributed by atoms with Crippen molar-refractivity contribution in [2.24, 2.45) is 0 Å². The lowest BCUT2D eigenvalue weighted by atomic mass is 10.4. The summed E-state index contributed by atoms with van der Waals surface area (Å²) in [6.07, 6.45) is 5.71. The van der Waals surface area contributed by atoms with E-state index in [0.717, 1.165) is 0 Å². The lowest BCUT2D eigenvalue weighted by molar-refractivity contribution is -2.00. The zero-order chi connectivity index (χ0) is 13.5. The van der Waals surface area contributed by atoms with Crippen LogP contribution in [-0.4, -0.2) is 14.1 Å². The average molecular weight is 261 g/mol. The normalized spacial score (nSPS) is 9.76. The molecule has 0 aromatic carbocycles. The van der Waals surface area contributed by atoms with Gasteiger partial charge < -0.3 is 4.90 Å². The molecule has 0 bridgehead atoms. The summed E-state index contributed by atoms with van der Waals surface area (Å²) in [6, 6.07) is 4.07.